The van der Waals surface area contributed by atoms with Crippen LogP contribution in [0.2, 0.25) is 0 Å². The van der Waals surface area contributed by atoms with E-state index >= 15 is 0 Å². The van der Waals surface area contributed by atoms with Gasteiger partial charge in [0.2, 0.25) is 0 Å². The van der Waals surface area contributed by atoms with Crippen molar-refractivity contribution in [2.45, 2.75) is 113 Å². The van der Waals surface area contributed by atoms with Crippen molar-refractivity contribution in [3.8, 4) is 0 Å². The van der Waals surface area contributed by atoms with Gasteiger partial charge < -0.3 is 0 Å². The van der Waals surface area contributed by atoms with Crippen molar-refractivity contribution in [1.29, 1.82) is 0 Å². The second-order valence-corrected chi connectivity index (χ2v) is 8.79. The lowest BCUT2D eigenvalue weighted by atomic mass is 9.89. The maximum atomic E-state index is 2.34. The molecule has 0 heterocycles. The molecule has 0 atom stereocenters. The van der Waals surface area contributed by atoms with Gasteiger partial charge in [0.25, 0.3) is 0 Å². The van der Waals surface area contributed by atoms with Crippen LogP contribution in [0, 0.1) is 10.8 Å². The van der Waals surface area contributed by atoms with Crippen LogP contribution in [0.15, 0.2) is 0 Å². The second-order valence-electron chi connectivity index (χ2n) is 8.79. The van der Waals surface area contributed by atoms with Crippen molar-refractivity contribution in [1.82, 2.24) is 0 Å². The standard InChI is InChI=1S/C14H30.C5H12/c1-5-6-7-8-9-10-11-12-13-14(2,3)4;1-5(2,3)4/h5-13H2,1-4H3;1-4H3. The molecule has 0 rings (SSSR count). The Hall–Kier alpha value is 0. The summed E-state index contributed by atoms with van der Waals surface area (Å²) in [4.78, 5) is 0. The van der Waals surface area contributed by atoms with Crippen LogP contribution in [0.4, 0.5) is 0 Å². The number of unbranched alkanes of at least 4 members (excludes halogenated alkanes) is 7. The normalized spacial score (nSPS) is 12.0. The topological polar surface area (TPSA) is 0 Å². The maximum absolute atomic E-state index is 2.34. The van der Waals surface area contributed by atoms with E-state index in [0.29, 0.717) is 10.8 Å². The molecule has 0 aliphatic rings. The molecule has 0 N–H and O–H groups in total. The molecule has 0 aromatic heterocycles. The second kappa shape index (κ2) is 11.8. The molecule has 0 unspecified atom stereocenters. The van der Waals surface area contributed by atoms with Crippen molar-refractivity contribution in [3.63, 3.8) is 0 Å². The van der Waals surface area contributed by atoms with Crippen LogP contribution < -0.4 is 0 Å². The molecule has 19 heavy (non-hydrogen) atoms. The molecule has 0 fully saturated rings. The van der Waals surface area contributed by atoms with Gasteiger partial charge in [-0.15, -0.1) is 0 Å². The molecule has 0 nitrogen and oxygen atoms in total. The third-order valence-corrected chi connectivity index (χ3v) is 2.78. The molecular formula is C19H42. The van der Waals surface area contributed by atoms with E-state index in [0.717, 1.165) is 0 Å². The van der Waals surface area contributed by atoms with Crippen LogP contribution in [0.3, 0.4) is 0 Å². The minimum atomic E-state index is 0.500. The van der Waals surface area contributed by atoms with E-state index < -0.39 is 0 Å². The molecular weight excluding hydrogens is 228 g/mol. The first-order valence-electron chi connectivity index (χ1n) is 8.56. The Morgan fingerprint density at radius 3 is 1.16 bits per heavy atom. The minimum absolute atomic E-state index is 0.500. The Kier molecular flexibility index (Phi) is 13.2. The molecule has 0 spiro atoms. The molecule has 0 aliphatic heterocycles. The van der Waals surface area contributed by atoms with E-state index in [1.54, 1.807) is 0 Å². The van der Waals surface area contributed by atoms with Gasteiger partial charge in [0.15, 0.2) is 0 Å². The van der Waals surface area contributed by atoms with Crippen LogP contribution in [0.25, 0.3) is 0 Å². The van der Waals surface area contributed by atoms with E-state index in [1.165, 1.54) is 57.8 Å². The van der Waals surface area contributed by atoms with Gasteiger partial charge in [-0.05, 0) is 17.3 Å². The quantitative estimate of drug-likeness (QED) is 0.398. The minimum Gasteiger partial charge on any atom is -0.0654 e. The highest BCUT2D eigenvalue weighted by atomic mass is 14.1. The summed E-state index contributed by atoms with van der Waals surface area (Å²) >= 11 is 0. The van der Waals surface area contributed by atoms with Crippen molar-refractivity contribution >= 4 is 0 Å². The average molecular weight is 271 g/mol. The van der Waals surface area contributed by atoms with Crippen molar-refractivity contribution in [3.05, 3.63) is 0 Å². The molecule has 0 amide bonds. The fraction of sp³-hybridized carbons (Fsp3) is 1.00. The Morgan fingerprint density at radius 2 is 0.842 bits per heavy atom. The van der Waals surface area contributed by atoms with E-state index in [2.05, 4.69) is 55.4 Å². The van der Waals surface area contributed by atoms with Gasteiger partial charge in [0, 0.05) is 0 Å². The highest BCUT2D eigenvalue weighted by Gasteiger charge is 2.08. The number of rotatable bonds is 8. The van der Waals surface area contributed by atoms with Gasteiger partial charge in [-0.3, -0.25) is 0 Å². The van der Waals surface area contributed by atoms with Gasteiger partial charge in [-0.2, -0.15) is 0 Å². The largest absolute Gasteiger partial charge is 0.0654 e. The van der Waals surface area contributed by atoms with Crippen molar-refractivity contribution < 1.29 is 0 Å². The Bertz CT molecular complexity index is 159. The summed E-state index contributed by atoms with van der Waals surface area (Å²) in [7, 11) is 0. The molecule has 0 bridgehead atoms. The molecule has 118 valence electrons. The highest BCUT2D eigenvalue weighted by Crippen LogP contribution is 2.22. The van der Waals surface area contributed by atoms with Crippen LogP contribution in [-0.2, 0) is 0 Å². The maximum Gasteiger partial charge on any atom is -0.0383 e. The van der Waals surface area contributed by atoms with Crippen LogP contribution >= 0.6 is 0 Å². The summed E-state index contributed by atoms with van der Waals surface area (Å²) in [6.45, 7) is 18.1. The molecule has 0 radical (unpaired) electrons. The highest BCUT2D eigenvalue weighted by molar-refractivity contribution is 4.60. The lowest BCUT2D eigenvalue weighted by Gasteiger charge is -2.17. The summed E-state index contributed by atoms with van der Waals surface area (Å²) in [6, 6.07) is 0. The number of hydrogen-bond donors (Lipinski definition) is 0. The van der Waals surface area contributed by atoms with Crippen LogP contribution in [0.5, 0.6) is 0 Å². The van der Waals surface area contributed by atoms with Gasteiger partial charge >= 0.3 is 0 Å². The van der Waals surface area contributed by atoms with Crippen molar-refractivity contribution in [2.75, 3.05) is 0 Å². The lowest BCUT2D eigenvalue weighted by molar-refractivity contribution is 0.356. The van der Waals surface area contributed by atoms with Gasteiger partial charge in [-0.25, -0.2) is 0 Å². The van der Waals surface area contributed by atoms with Crippen molar-refractivity contribution in [2.24, 2.45) is 10.8 Å². The van der Waals surface area contributed by atoms with E-state index in [1.807, 2.05) is 0 Å². The summed E-state index contributed by atoms with van der Waals surface area (Å²) in [5.41, 5.74) is 1.04. The third-order valence-electron chi connectivity index (χ3n) is 2.78. The Morgan fingerprint density at radius 1 is 0.526 bits per heavy atom. The predicted octanol–water partition coefficient (Wildman–Crippen LogP) is 7.62. The van der Waals surface area contributed by atoms with E-state index in [-0.39, 0.29) is 0 Å². The Labute approximate surface area is 124 Å². The van der Waals surface area contributed by atoms with Crippen LogP contribution in [-0.4, -0.2) is 0 Å². The first kappa shape index (κ1) is 21.3. The summed E-state index contributed by atoms with van der Waals surface area (Å²) < 4.78 is 0. The van der Waals surface area contributed by atoms with E-state index in [4.69, 9.17) is 0 Å². The monoisotopic (exact) mass is 270 g/mol. The van der Waals surface area contributed by atoms with Gasteiger partial charge in [0.1, 0.15) is 0 Å². The molecule has 0 saturated carbocycles. The molecule has 0 aliphatic carbocycles. The smallest absolute Gasteiger partial charge is 0.0383 e. The zero-order valence-corrected chi connectivity index (χ0v) is 15.4. The average Bonchev–Trinajstić information content (AvgIpc) is 2.18. The zero-order chi connectivity index (χ0) is 15.4. The first-order valence-corrected chi connectivity index (χ1v) is 8.56. The fourth-order valence-corrected chi connectivity index (χ4v) is 1.79. The summed E-state index contributed by atoms with van der Waals surface area (Å²) in [5.74, 6) is 0. The molecule has 0 saturated heterocycles. The Balaban J connectivity index is 0. The SMILES string of the molecule is CC(C)(C)C.CCCCCCCCCCC(C)(C)C. The first-order chi connectivity index (χ1) is 8.56. The van der Waals surface area contributed by atoms with E-state index in [9.17, 15) is 0 Å². The summed E-state index contributed by atoms with van der Waals surface area (Å²) in [5, 5.41) is 0. The predicted molar refractivity (Wildman–Crippen MR) is 91.8 cm³/mol. The van der Waals surface area contributed by atoms with Gasteiger partial charge in [-0.1, -0.05) is 107 Å². The molecule has 0 aromatic rings. The van der Waals surface area contributed by atoms with Gasteiger partial charge in [0.05, 0.1) is 0 Å². The number of hydrogen-bond acceptors (Lipinski definition) is 0. The molecule has 0 aromatic carbocycles. The lowest BCUT2D eigenvalue weighted by Crippen LogP contribution is -2.03. The molecule has 0 heteroatoms. The van der Waals surface area contributed by atoms with Crippen LogP contribution in [0.1, 0.15) is 113 Å². The fourth-order valence-electron chi connectivity index (χ4n) is 1.79. The summed E-state index contributed by atoms with van der Waals surface area (Å²) in [6.07, 6.45) is 12.9. The third kappa shape index (κ3) is 38.1. The zero-order valence-electron chi connectivity index (χ0n) is 15.4.